The van der Waals surface area contributed by atoms with E-state index >= 15 is 0 Å². The predicted octanol–water partition coefficient (Wildman–Crippen LogP) is 3.05. The van der Waals surface area contributed by atoms with Crippen LogP contribution in [0.2, 0.25) is 0 Å². The van der Waals surface area contributed by atoms with Gasteiger partial charge in [-0.25, -0.2) is 4.39 Å². The summed E-state index contributed by atoms with van der Waals surface area (Å²) in [5.41, 5.74) is 0.888. The zero-order valence-corrected chi connectivity index (χ0v) is 18.8. The average molecular weight is 481 g/mol. The predicted molar refractivity (Wildman–Crippen MR) is 115 cm³/mol. The number of amides is 1. The Labute approximate surface area is 194 Å². The molecule has 7 nitrogen and oxygen atoms in total. The van der Waals surface area contributed by atoms with E-state index in [1.54, 1.807) is 18.2 Å². The number of fused-ring (bicyclic) bond motifs is 1. The monoisotopic (exact) mass is 481 g/mol. The highest BCUT2D eigenvalue weighted by atomic mass is 19.4. The summed E-state index contributed by atoms with van der Waals surface area (Å²) in [6, 6.07) is 2.57. The van der Waals surface area contributed by atoms with Crippen LogP contribution in [-0.4, -0.2) is 62.4 Å². The lowest BCUT2D eigenvalue weighted by Crippen LogP contribution is -2.61. The van der Waals surface area contributed by atoms with E-state index in [0.717, 1.165) is 6.21 Å². The third-order valence-corrected chi connectivity index (χ3v) is 6.34. The smallest absolute Gasteiger partial charge is 0.374 e. The van der Waals surface area contributed by atoms with Gasteiger partial charge in [-0.1, -0.05) is 23.3 Å². The number of benzene rings is 1. The number of carbonyl (C=O) groups excluding carboxylic acids is 1. The van der Waals surface area contributed by atoms with Crippen LogP contribution in [0.4, 0.5) is 17.6 Å². The Morgan fingerprint density at radius 2 is 1.85 bits per heavy atom. The fourth-order valence-corrected chi connectivity index (χ4v) is 4.47. The van der Waals surface area contributed by atoms with Crippen LogP contribution in [0.5, 0.6) is 0 Å². The van der Waals surface area contributed by atoms with Gasteiger partial charge in [0.05, 0.1) is 6.04 Å². The first-order chi connectivity index (χ1) is 16.1. The summed E-state index contributed by atoms with van der Waals surface area (Å²) in [4.78, 5) is 13.1. The lowest BCUT2D eigenvalue weighted by atomic mass is 9.94. The molecule has 11 heteroatoms. The molecule has 5 atom stereocenters. The molecule has 1 fully saturated rings. The second kappa shape index (κ2) is 8.97. The van der Waals surface area contributed by atoms with Crippen LogP contribution in [0.15, 0.2) is 64.7 Å². The number of methoxy groups -OCH3 is 2. The maximum atomic E-state index is 14.1. The molecule has 2 aliphatic heterocycles. The molecule has 0 bridgehead atoms. The molecule has 0 saturated carbocycles. The molecule has 1 amide bonds. The van der Waals surface area contributed by atoms with Crippen molar-refractivity contribution in [2.45, 2.75) is 36.9 Å². The van der Waals surface area contributed by atoms with Crippen LogP contribution in [-0.2, 0) is 14.3 Å². The molecular weight excluding hydrogens is 456 g/mol. The van der Waals surface area contributed by atoms with Crippen molar-refractivity contribution in [2.24, 2.45) is 5.10 Å². The zero-order chi connectivity index (χ0) is 24.7. The van der Waals surface area contributed by atoms with Gasteiger partial charge in [0.25, 0.3) is 5.91 Å². The lowest BCUT2D eigenvalue weighted by molar-refractivity contribution is -0.922. The minimum atomic E-state index is -4.58. The van der Waals surface area contributed by atoms with Crippen molar-refractivity contribution in [3.8, 4) is 0 Å². The molecule has 3 aliphatic rings. The van der Waals surface area contributed by atoms with Crippen molar-refractivity contribution in [2.75, 3.05) is 21.3 Å². The summed E-state index contributed by atoms with van der Waals surface area (Å²) in [7, 11) is 4.34. The van der Waals surface area contributed by atoms with Crippen LogP contribution >= 0.6 is 0 Å². The second-order valence-electron chi connectivity index (χ2n) is 8.41. The average Bonchev–Trinajstić information content (AvgIpc) is 3.15. The number of alkyl halides is 3. The molecule has 1 aromatic rings. The van der Waals surface area contributed by atoms with Gasteiger partial charge in [0.2, 0.25) is 11.9 Å². The summed E-state index contributed by atoms with van der Waals surface area (Å²) in [5, 5.41) is 9.85. The van der Waals surface area contributed by atoms with Gasteiger partial charge < -0.3 is 20.1 Å². The van der Waals surface area contributed by atoms with E-state index in [2.05, 4.69) is 15.7 Å². The van der Waals surface area contributed by atoms with E-state index in [4.69, 9.17) is 9.47 Å². The number of carbonyl (C=O) groups is 1. The van der Waals surface area contributed by atoms with Crippen LogP contribution in [0, 0.1) is 5.82 Å². The SMILES string of the molecule is COC1C=CC(NC(=O)C2=C3NC(c4ccc(F)cc4)CC(C(F)(F)F)[N+]3(C)N=C2)=CC1OC. The van der Waals surface area contributed by atoms with Gasteiger partial charge in [-0.15, -0.1) is 4.59 Å². The topological polar surface area (TPSA) is 72.0 Å². The Morgan fingerprint density at radius 3 is 2.47 bits per heavy atom. The number of nitrogens with one attached hydrogen (secondary N) is 2. The first-order valence-electron chi connectivity index (χ1n) is 10.6. The lowest BCUT2D eigenvalue weighted by Gasteiger charge is -2.42. The van der Waals surface area contributed by atoms with Gasteiger partial charge in [-0.05, 0) is 29.8 Å². The van der Waals surface area contributed by atoms with Gasteiger partial charge in [0.15, 0.2) is 0 Å². The first kappa shape index (κ1) is 24.1. The number of hydrogen-bond donors (Lipinski definition) is 2. The quantitative estimate of drug-likeness (QED) is 0.501. The summed E-state index contributed by atoms with van der Waals surface area (Å²) < 4.78 is 65.4. The maximum absolute atomic E-state index is 14.1. The van der Waals surface area contributed by atoms with Gasteiger partial charge >= 0.3 is 6.18 Å². The first-order valence-corrected chi connectivity index (χ1v) is 10.6. The molecule has 4 rings (SSSR count). The number of rotatable bonds is 5. The summed E-state index contributed by atoms with van der Waals surface area (Å²) in [6.07, 6.45) is 0.487. The Kier molecular flexibility index (Phi) is 6.36. The molecule has 0 spiro atoms. The standard InChI is InChI=1S/C23H24F4N4O3/c1-31-20(23(25,26)27)11-17(13-4-6-14(24)7-5-13)30-21(31)16(12-28-31)22(32)29-15-8-9-18(33-2)19(10-15)34-3/h4-10,12,17-20H,11H2,1-3H3,(H-,28,29,30,32)/p+1. The van der Waals surface area contributed by atoms with Crippen LogP contribution < -0.4 is 10.6 Å². The minimum Gasteiger partial charge on any atom is -0.374 e. The summed E-state index contributed by atoms with van der Waals surface area (Å²) >= 11 is 0. The Balaban J connectivity index is 1.66. The minimum absolute atomic E-state index is 0.0132. The highest BCUT2D eigenvalue weighted by Gasteiger charge is 2.61. The molecule has 182 valence electrons. The molecule has 2 heterocycles. The van der Waals surface area contributed by atoms with Gasteiger partial charge in [0, 0.05) is 26.3 Å². The number of allylic oxidation sites excluding steroid dienone is 1. The van der Waals surface area contributed by atoms with E-state index in [0.29, 0.717) is 11.3 Å². The number of quaternary nitrogens is 1. The number of nitrogens with zero attached hydrogens (tertiary/aromatic N) is 2. The Hall–Kier alpha value is -3.02. The molecule has 1 aliphatic carbocycles. The highest BCUT2D eigenvalue weighted by molar-refractivity contribution is 6.13. The van der Waals surface area contributed by atoms with Gasteiger partial charge in [-0.3, -0.25) is 4.79 Å². The van der Waals surface area contributed by atoms with Crippen molar-refractivity contribution >= 4 is 12.1 Å². The molecule has 5 unspecified atom stereocenters. The van der Waals surface area contributed by atoms with Crippen molar-refractivity contribution < 1.29 is 36.4 Å². The van der Waals surface area contributed by atoms with E-state index < -0.39 is 40.7 Å². The number of ether oxygens (including phenoxy) is 2. The van der Waals surface area contributed by atoms with Crippen LogP contribution in [0.25, 0.3) is 0 Å². The number of hydrogen-bond acceptors (Lipinski definition) is 5. The zero-order valence-electron chi connectivity index (χ0n) is 18.8. The molecule has 0 radical (unpaired) electrons. The molecule has 2 N–H and O–H groups in total. The fourth-order valence-electron chi connectivity index (χ4n) is 4.47. The van der Waals surface area contributed by atoms with E-state index in [-0.39, 0.29) is 23.9 Å². The van der Waals surface area contributed by atoms with E-state index in [9.17, 15) is 22.4 Å². The number of halogens is 4. The van der Waals surface area contributed by atoms with Crippen LogP contribution in [0.1, 0.15) is 18.0 Å². The maximum Gasteiger partial charge on any atom is 0.444 e. The van der Waals surface area contributed by atoms with Crippen molar-refractivity contribution in [1.29, 1.82) is 0 Å². The van der Waals surface area contributed by atoms with E-state index in [1.165, 1.54) is 45.5 Å². The van der Waals surface area contributed by atoms with Crippen molar-refractivity contribution in [1.82, 2.24) is 10.6 Å². The molecule has 0 aromatic heterocycles. The third-order valence-electron chi connectivity index (χ3n) is 6.34. The van der Waals surface area contributed by atoms with E-state index in [1.807, 2.05) is 0 Å². The van der Waals surface area contributed by atoms with Gasteiger partial charge in [-0.2, -0.15) is 13.2 Å². The molecule has 34 heavy (non-hydrogen) atoms. The molecular formula is C23H25F4N4O3+. The summed E-state index contributed by atoms with van der Waals surface area (Å²) in [6.45, 7) is 0. The molecule has 1 aromatic carbocycles. The largest absolute Gasteiger partial charge is 0.444 e. The molecule has 1 saturated heterocycles. The fraction of sp³-hybridized carbons (Fsp3) is 0.391. The second-order valence-corrected chi connectivity index (χ2v) is 8.41. The van der Waals surface area contributed by atoms with Crippen LogP contribution in [0.3, 0.4) is 0 Å². The Morgan fingerprint density at radius 1 is 1.18 bits per heavy atom. The normalized spacial score (nSPS) is 30.6. The Bertz CT molecular complexity index is 1080. The highest BCUT2D eigenvalue weighted by Crippen LogP contribution is 2.44. The van der Waals surface area contributed by atoms with Crippen molar-refractivity contribution in [3.63, 3.8) is 0 Å². The van der Waals surface area contributed by atoms with Crippen molar-refractivity contribution in [3.05, 3.63) is 71.0 Å². The third kappa shape index (κ3) is 4.38. The van der Waals surface area contributed by atoms with Gasteiger partial charge in [0.1, 0.15) is 36.9 Å². The summed E-state index contributed by atoms with van der Waals surface area (Å²) in [5.74, 6) is -1.08.